The van der Waals surface area contributed by atoms with E-state index in [-0.39, 0.29) is 11.8 Å². The predicted molar refractivity (Wildman–Crippen MR) is 109 cm³/mol. The highest BCUT2D eigenvalue weighted by Gasteiger charge is 2.24. The van der Waals surface area contributed by atoms with Crippen LogP contribution in [0.4, 0.5) is 5.82 Å². The summed E-state index contributed by atoms with van der Waals surface area (Å²) in [7, 11) is 1.61. The number of nitrogens with zero attached hydrogens (tertiary/aromatic N) is 3. The van der Waals surface area contributed by atoms with Gasteiger partial charge < -0.3 is 10.1 Å². The van der Waals surface area contributed by atoms with Crippen molar-refractivity contribution in [3.05, 3.63) is 77.5 Å². The van der Waals surface area contributed by atoms with Crippen LogP contribution in [0.2, 0.25) is 0 Å². The molecule has 7 heteroatoms. The second kappa shape index (κ2) is 8.18. The second-order valence-electron chi connectivity index (χ2n) is 6.83. The predicted octanol–water partition coefficient (Wildman–Crippen LogP) is 2.76. The SMILES string of the molecule is COc1ccccc1CNC(=O)c1ccc(CN2C(=O)CCn3nccc32)cc1. The molecule has 148 valence electrons. The second-order valence-corrected chi connectivity index (χ2v) is 6.83. The fraction of sp³-hybridized carbons (Fsp3) is 0.227. The third kappa shape index (κ3) is 3.99. The monoisotopic (exact) mass is 390 g/mol. The number of aryl methyl sites for hydroxylation is 1. The summed E-state index contributed by atoms with van der Waals surface area (Å²) < 4.78 is 7.14. The molecule has 2 heterocycles. The van der Waals surface area contributed by atoms with Crippen molar-refractivity contribution < 1.29 is 14.3 Å². The molecule has 0 radical (unpaired) electrons. The molecule has 1 aliphatic heterocycles. The number of carbonyl (C=O) groups excluding carboxylic acids is 2. The fourth-order valence-electron chi connectivity index (χ4n) is 3.43. The topological polar surface area (TPSA) is 76.5 Å². The Morgan fingerprint density at radius 2 is 1.93 bits per heavy atom. The molecule has 0 saturated heterocycles. The Morgan fingerprint density at radius 3 is 2.72 bits per heavy atom. The Balaban J connectivity index is 1.40. The van der Waals surface area contributed by atoms with Gasteiger partial charge in [0, 0.05) is 30.2 Å². The molecule has 1 aromatic heterocycles. The van der Waals surface area contributed by atoms with Crippen LogP contribution < -0.4 is 15.0 Å². The number of hydrogen-bond donors (Lipinski definition) is 1. The van der Waals surface area contributed by atoms with Crippen molar-refractivity contribution in [2.24, 2.45) is 0 Å². The van der Waals surface area contributed by atoms with E-state index in [1.54, 1.807) is 30.3 Å². The van der Waals surface area contributed by atoms with Gasteiger partial charge in [-0.15, -0.1) is 0 Å². The molecule has 0 saturated carbocycles. The van der Waals surface area contributed by atoms with Gasteiger partial charge in [0.25, 0.3) is 5.91 Å². The largest absolute Gasteiger partial charge is 0.496 e. The smallest absolute Gasteiger partial charge is 0.251 e. The lowest BCUT2D eigenvalue weighted by Crippen LogP contribution is -2.36. The summed E-state index contributed by atoms with van der Waals surface area (Å²) in [4.78, 5) is 26.5. The summed E-state index contributed by atoms with van der Waals surface area (Å²) in [5.74, 6) is 1.47. The molecule has 1 aliphatic rings. The van der Waals surface area contributed by atoms with Gasteiger partial charge in [0.1, 0.15) is 11.6 Å². The molecule has 7 nitrogen and oxygen atoms in total. The molecule has 3 aromatic rings. The van der Waals surface area contributed by atoms with E-state index >= 15 is 0 Å². The number of anilines is 1. The number of rotatable bonds is 6. The third-order valence-electron chi connectivity index (χ3n) is 5.00. The summed E-state index contributed by atoms with van der Waals surface area (Å²) in [6.45, 7) is 1.45. The number of aromatic nitrogens is 2. The Kier molecular flexibility index (Phi) is 5.29. The van der Waals surface area contributed by atoms with Gasteiger partial charge in [0.15, 0.2) is 0 Å². The van der Waals surface area contributed by atoms with Gasteiger partial charge in [-0.25, -0.2) is 4.68 Å². The maximum absolute atomic E-state index is 12.5. The summed E-state index contributed by atoms with van der Waals surface area (Å²) in [5.41, 5.74) is 2.44. The Labute approximate surface area is 168 Å². The quantitative estimate of drug-likeness (QED) is 0.702. The molecule has 4 rings (SSSR count). The van der Waals surface area contributed by atoms with Crippen LogP contribution in [0.3, 0.4) is 0 Å². The molecule has 29 heavy (non-hydrogen) atoms. The van der Waals surface area contributed by atoms with Crippen molar-refractivity contribution in [1.82, 2.24) is 15.1 Å². The van der Waals surface area contributed by atoms with Crippen molar-refractivity contribution in [3.63, 3.8) is 0 Å². The number of amides is 2. The highest BCUT2D eigenvalue weighted by molar-refractivity contribution is 5.95. The van der Waals surface area contributed by atoms with Crippen LogP contribution in [0.15, 0.2) is 60.8 Å². The zero-order valence-electron chi connectivity index (χ0n) is 16.2. The first-order chi connectivity index (χ1) is 14.2. The molecular formula is C22H22N4O3. The van der Waals surface area contributed by atoms with Crippen LogP contribution in [0.5, 0.6) is 5.75 Å². The minimum absolute atomic E-state index is 0.0802. The van der Waals surface area contributed by atoms with Crippen molar-refractivity contribution in [1.29, 1.82) is 0 Å². The van der Waals surface area contributed by atoms with Crippen LogP contribution in [0, 0.1) is 0 Å². The first-order valence-electron chi connectivity index (χ1n) is 9.47. The molecule has 2 aromatic carbocycles. The highest BCUT2D eigenvalue weighted by atomic mass is 16.5. The standard InChI is InChI=1S/C22H22N4O3/c1-29-19-5-3-2-4-18(19)14-23-22(28)17-8-6-16(7-9-17)15-25-20-10-12-24-26(20)13-11-21(25)27/h2-10,12H,11,13-15H2,1H3,(H,23,28). The van der Waals surface area contributed by atoms with Crippen molar-refractivity contribution in [2.75, 3.05) is 12.0 Å². The lowest BCUT2D eigenvalue weighted by molar-refractivity contribution is -0.119. The minimum Gasteiger partial charge on any atom is -0.496 e. The molecule has 1 N–H and O–H groups in total. The Bertz CT molecular complexity index is 1030. The molecular weight excluding hydrogens is 368 g/mol. The van der Waals surface area contributed by atoms with Gasteiger partial charge in [-0.2, -0.15) is 5.10 Å². The van der Waals surface area contributed by atoms with Crippen LogP contribution in [-0.2, 0) is 24.4 Å². The highest BCUT2D eigenvalue weighted by Crippen LogP contribution is 2.23. The van der Waals surface area contributed by atoms with E-state index in [4.69, 9.17) is 4.74 Å². The molecule has 0 bridgehead atoms. The zero-order valence-corrected chi connectivity index (χ0v) is 16.2. The molecule has 2 amide bonds. The van der Waals surface area contributed by atoms with Crippen molar-refractivity contribution in [3.8, 4) is 5.75 Å². The summed E-state index contributed by atoms with van der Waals surface area (Å²) in [5, 5.41) is 7.15. The van der Waals surface area contributed by atoms with Gasteiger partial charge >= 0.3 is 0 Å². The Morgan fingerprint density at radius 1 is 1.14 bits per heavy atom. The van der Waals surface area contributed by atoms with Gasteiger partial charge in [0.05, 0.1) is 26.4 Å². The summed E-state index contributed by atoms with van der Waals surface area (Å²) >= 11 is 0. The number of carbonyl (C=O) groups is 2. The molecule has 0 atom stereocenters. The maximum atomic E-state index is 12.5. The third-order valence-corrected chi connectivity index (χ3v) is 5.00. The lowest BCUT2D eigenvalue weighted by atomic mass is 10.1. The number of hydrogen-bond acceptors (Lipinski definition) is 4. The molecule has 0 aliphatic carbocycles. The van der Waals surface area contributed by atoms with Gasteiger partial charge in [-0.1, -0.05) is 30.3 Å². The first-order valence-corrected chi connectivity index (χ1v) is 9.47. The van der Waals surface area contributed by atoms with Crippen molar-refractivity contribution in [2.45, 2.75) is 26.1 Å². The van der Waals surface area contributed by atoms with Crippen LogP contribution in [-0.4, -0.2) is 28.7 Å². The molecule has 0 fully saturated rings. The van der Waals surface area contributed by atoms with E-state index in [1.807, 2.05) is 47.1 Å². The Hall–Kier alpha value is -3.61. The van der Waals surface area contributed by atoms with Gasteiger partial charge in [0.2, 0.25) is 5.91 Å². The van der Waals surface area contributed by atoms with E-state index in [9.17, 15) is 9.59 Å². The number of methoxy groups -OCH3 is 1. The normalized spacial score (nSPS) is 13.1. The van der Waals surface area contributed by atoms with Gasteiger partial charge in [-0.3, -0.25) is 14.5 Å². The van der Waals surface area contributed by atoms with Crippen LogP contribution in [0.1, 0.15) is 27.9 Å². The van der Waals surface area contributed by atoms with Crippen molar-refractivity contribution >= 4 is 17.6 Å². The zero-order chi connectivity index (χ0) is 20.2. The lowest BCUT2D eigenvalue weighted by Gasteiger charge is -2.27. The number of nitrogens with one attached hydrogen (secondary N) is 1. The first kappa shape index (κ1) is 18.7. The van der Waals surface area contributed by atoms with E-state index in [0.717, 1.165) is 22.7 Å². The molecule has 0 unspecified atom stereocenters. The maximum Gasteiger partial charge on any atom is 0.251 e. The van der Waals surface area contributed by atoms with E-state index in [1.165, 1.54) is 0 Å². The van der Waals surface area contributed by atoms with E-state index in [2.05, 4.69) is 10.4 Å². The number of benzene rings is 2. The van der Waals surface area contributed by atoms with E-state index < -0.39 is 0 Å². The average Bonchev–Trinajstić information content (AvgIpc) is 3.24. The minimum atomic E-state index is -0.158. The van der Waals surface area contributed by atoms with Gasteiger partial charge in [-0.05, 0) is 23.8 Å². The van der Waals surface area contributed by atoms with E-state index in [0.29, 0.717) is 31.6 Å². The fourth-order valence-corrected chi connectivity index (χ4v) is 3.43. The molecule has 0 spiro atoms. The summed E-state index contributed by atoms with van der Waals surface area (Å²) in [6, 6.07) is 16.7. The number of fused-ring (bicyclic) bond motifs is 1. The summed E-state index contributed by atoms with van der Waals surface area (Å²) in [6.07, 6.45) is 2.15. The number of ether oxygens (including phenoxy) is 1. The average molecular weight is 390 g/mol. The van der Waals surface area contributed by atoms with Crippen LogP contribution in [0.25, 0.3) is 0 Å². The number of para-hydroxylation sites is 1. The van der Waals surface area contributed by atoms with Crippen LogP contribution >= 0.6 is 0 Å².